The van der Waals surface area contributed by atoms with Crippen LogP contribution in [-0.4, -0.2) is 37.2 Å². The molecule has 8 nitrogen and oxygen atoms in total. The molecule has 1 aliphatic rings. The fraction of sp³-hybridized carbons (Fsp3) is 0.212. The summed E-state index contributed by atoms with van der Waals surface area (Å²) in [7, 11) is 1.40. The van der Waals surface area contributed by atoms with Crippen LogP contribution in [0.4, 0.5) is 21.5 Å². The smallest absolute Gasteiger partial charge is 0.339 e. The number of carboxylic acids is 1. The van der Waals surface area contributed by atoms with Gasteiger partial charge in [-0.05, 0) is 97.6 Å². The maximum atomic E-state index is 14.1. The van der Waals surface area contributed by atoms with E-state index in [9.17, 15) is 19.1 Å². The second kappa shape index (κ2) is 14.9. The lowest BCUT2D eigenvalue weighted by atomic mass is 10.1. The Morgan fingerprint density at radius 1 is 0.955 bits per heavy atom. The normalized spacial score (nSPS) is 12.6. The third-order valence-corrected chi connectivity index (χ3v) is 7.89. The zero-order valence-corrected chi connectivity index (χ0v) is 26.4. The van der Waals surface area contributed by atoms with Gasteiger partial charge in [0, 0.05) is 17.6 Å². The molecule has 0 saturated carbocycles. The minimum atomic E-state index is -1.12. The maximum absolute atomic E-state index is 14.1. The van der Waals surface area contributed by atoms with E-state index in [4.69, 9.17) is 9.47 Å². The lowest BCUT2D eigenvalue weighted by Crippen LogP contribution is -2.39. The molecule has 44 heavy (non-hydrogen) atoms. The number of para-hydroxylation sites is 2. The first-order chi connectivity index (χ1) is 20.8. The molecule has 4 aromatic carbocycles. The number of nitrogens with zero attached hydrogens (tertiary/aromatic N) is 2. The van der Waals surface area contributed by atoms with Gasteiger partial charge in [-0.25, -0.2) is 14.2 Å². The zero-order chi connectivity index (χ0) is 30.3. The summed E-state index contributed by atoms with van der Waals surface area (Å²) in [5.74, 6) is -0.501. The Balaban J connectivity index is 0.00000442. The number of rotatable bonds is 10. The van der Waals surface area contributed by atoms with Gasteiger partial charge in [0.2, 0.25) is 5.91 Å². The van der Waals surface area contributed by atoms with Crippen molar-refractivity contribution in [2.75, 3.05) is 35.5 Å². The van der Waals surface area contributed by atoms with Crippen LogP contribution in [0.2, 0.25) is 0 Å². The van der Waals surface area contributed by atoms with Crippen LogP contribution >= 0.6 is 28.3 Å². The highest BCUT2D eigenvalue weighted by molar-refractivity contribution is 9.10. The molecule has 1 heterocycles. The number of aromatic carboxylic acids is 1. The highest BCUT2D eigenvalue weighted by Gasteiger charge is 2.25. The summed E-state index contributed by atoms with van der Waals surface area (Å²) in [6, 6.07) is 23.7. The van der Waals surface area contributed by atoms with Crippen LogP contribution in [0.3, 0.4) is 0 Å². The summed E-state index contributed by atoms with van der Waals surface area (Å²) in [6.45, 7) is 1.79. The largest absolute Gasteiger partial charge is 0.496 e. The summed E-state index contributed by atoms with van der Waals surface area (Å²) in [5, 5.41) is 11.1. The highest BCUT2D eigenvalue weighted by atomic mass is 79.9. The number of methoxy groups -OCH3 is 1. The second-order valence-electron chi connectivity index (χ2n) is 10.1. The van der Waals surface area contributed by atoms with Gasteiger partial charge in [0.15, 0.2) is 0 Å². The monoisotopic (exact) mass is 683 g/mol. The SMILES string of the molecule is COc1cc(CC(=O)N(Nc2ccc(Oc3ccc(F)cc3)cc2)c2ccccc2N2CCCCC2)c(Br)cc1C(=O)O.Cl. The van der Waals surface area contributed by atoms with Crippen LogP contribution in [0.15, 0.2) is 89.4 Å². The number of nitrogens with one attached hydrogen (secondary N) is 1. The van der Waals surface area contributed by atoms with Crippen LogP contribution in [-0.2, 0) is 11.2 Å². The number of carbonyl (C=O) groups is 2. The number of amides is 1. The molecule has 11 heteroatoms. The van der Waals surface area contributed by atoms with E-state index in [0.29, 0.717) is 32.9 Å². The molecule has 1 aliphatic heterocycles. The predicted octanol–water partition coefficient (Wildman–Crippen LogP) is 8.10. The first kappa shape index (κ1) is 32.6. The summed E-state index contributed by atoms with van der Waals surface area (Å²) < 4.78 is 24.9. The zero-order valence-electron chi connectivity index (χ0n) is 24.0. The summed E-state index contributed by atoms with van der Waals surface area (Å²) in [6.07, 6.45) is 3.29. The molecule has 0 bridgehead atoms. The van der Waals surface area contributed by atoms with E-state index in [1.807, 2.05) is 24.3 Å². The Labute approximate surface area is 269 Å². The molecule has 0 aliphatic carbocycles. The fourth-order valence-corrected chi connectivity index (χ4v) is 5.47. The molecule has 1 amide bonds. The first-order valence-electron chi connectivity index (χ1n) is 13.9. The highest BCUT2D eigenvalue weighted by Crippen LogP contribution is 2.34. The number of halogens is 3. The predicted molar refractivity (Wildman–Crippen MR) is 175 cm³/mol. The lowest BCUT2D eigenvalue weighted by molar-refractivity contribution is -0.117. The average Bonchev–Trinajstić information content (AvgIpc) is 3.03. The van der Waals surface area contributed by atoms with E-state index < -0.39 is 5.97 Å². The number of benzene rings is 4. The average molecular weight is 685 g/mol. The number of carbonyl (C=O) groups excluding carboxylic acids is 1. The molecule has 0 atom stereocenters. The minimum Gasteiger partial charge on any atom is -0.496 e. The second-order valence-corrected chi connectivity index (χ2v) is 10.9. The van der Waals surface area contributed by atoms with Gasteiger partial charge >= 0.3 is 5.97 Å². The van der Waals surface area contributed by atoms with Gasteiger partial charge in [0.05, 0.1) is 30.6 Å². The topological polar surface area (TPSA) is 91.3 Å². The number of piperidine rings is 1. The van der Waals surface area contributed by atoms with Crippen LogP contribution in [0.1, 0.15) is 35.2 Å². The van der Waals surface area contributed by atoms with E-state index in [1.54, 1.807) is 42.5 Å². The van der Waals surface area contributed by atoms with Crippen molar-refractivity contribution in [2.24, 2.45) is 0 Å². The van der Waals surface area contributed by atoms with Crippen molar-refractivity contribution in [1.82, 2.24) is 0 Å². The van der Waals surface area contributed by atoms with Crippen molar-refractivity contribution in [3.05, 3.63) is 106 Å². The van der Waals surface area contributed by atoms with Crippen LogP contribution in [0, 0.1) is 5.82 Å². The number of anilines is 3. The third kappa shape index (κ3) is 7.81. The van der Waals surface area contributed by atoms with Crippen molar-refractivity contribution < 1.29 is 28.6 Å². The van der Waals surface area contributed by atoms with Gasteiger partial charge < -0.3 is 19.5 Å². The quantitative estimate of drug-likeness (QED) is 0.163. The molecule has 0 aromatic heterocycles. The number of carboxylic acid groups (broad SMARTS) is 1. The summed E-state index contributed by atoms with van der Waals surface area (Å²) >= 11 is 3.44. The van der Waals surface area contributed by atoms with Gasteiger partial charge in [0.25, 0.3) is 0 Å². The van der Waals surface area contributed by atoms with Gasteiger partial charge in [-0.2, -0.15) is 0 Å². The van der Waals surface area contributed by atoms with Crippen molar-refractivity contribution in [3.63, 3.8) is 0 Å². The molecule has 5 rings (SSSR count). The van der Waals surface area contributed by atoms with Crippen molar-refractivity contribution in [3.8, 4) is 17.2 Å². The molecular formula is C33H32BrClFN3O5. The number of hydrazine groups is 1. The Bertz CT molecular complexity index is 1600. The first-order valence-corrected chi connectivity index (χ1v) is 14.7. The number of hydrogen-bond acceptors (Lipinski definition) is 6. The van der Waals surface area contributed by atoms with Gasteiger partial charge in [-0.1, -0.05) is 28.1 Å². The Kier molecular flexibility index (Phi) is 11.1. The van der Waals surface area contributed by atoms with E-state index in [2.05, 4.69) is 26.3 Å². The standard InChI is InChI=1S/C33H31BrFN3O5.ClH/c1-42-31-19-22(28(34)21-27(31)33(40)41)20-32(39)38(30-8-4-3-7-29(30)37-17-5-2-6-18-37)36-24-11-15-26(16-12-24)43-25-13-9-23(35)10-14-25;/h3-4,7-16,19,21,36H,2,5-6,17-18,20H2,1H3,(H,40,41);1H. The van der Waals surface area contributed by atoms with E-state index in [1.165, 1.54) is 36.7 Å². The van der Waals surface area contributed by atoms with E-state index >= 15 is 0 Å². The van der Waals surface area contributed by atoms with Crippen LogP contribution < -0.4 is 24.8 Å². The van der Waals surface area contributed by atoms with Crippen molar-refractivity contribution >= 4 is 57.3 Å². The van der Waals surface area contributed by atoms with Gasteiger partial charge in [-0.15, -0.1) is 12.4 Å². The van der Waals surface area contributed by atoms with Gasteiger partial charge in [0.1, 0.15) is 28.6 Å². The maximum Gasteiger partial charge on any atom is 0.339 e. The molecule has 0 spiro atoms. The molecule has 1 fully saturated rings. The van der Waals surface area contributed by atoms with Crippen molar-refractivity contribution in [1.29, 1.82) is 0 Å². The lowest BCUT2D eigenvalue weighted by Gasteiger charge is -2.34. The molecule has 230 valence electrons. The summed E-state index contributed by atoms with van der Waals surface area (Å²) in [5.41, 5.74) is 6.15. The Morgan fingerprint density at radius 3 is 2.23 bits per heavy atom. The molecule has 2 N–H and O–H groups in total. The van der Waals surface area contributed by atoms with E-state index in [-0.39, 0.29) is 41.9 Å². The third-order valence-electron chi connectivity index (χ3n) is 7.15. The molecule has 0 unspecified atom stereocenters. The molecule has 1 saturated heterocycles. The Hall–Kier alpha value is -4.28. The van der Waals surface area contributed by atoms with Crippen LogP contribution in [0.5, 0.6) is 17.2 Å². The summed E-state index contributed by atoms with van der Waals surface area (Å²) in [4.78, 5) is 28.0. The minimum absolute atomic E-state index is 0. The Morgan fingerprint density at radius 2 is 1.59 bits per heavy atom. The van der Waals surface area contributed by atoms with E-state index in [0.717, 1.165) is 31.6 Å². The fourth-order valence-electron chi connectivity index (χ4n) is 4.99. The van der Waals surface area contributed by atoms with Crippen LogP contribution in [0.25, 0.3) is 0 Å². The number of hydrogen-bond donors (Lipinski definition) is 2. The number of ether oxygens (including phenoxy) is 2. The molecular weight excluding hydrogens is 653 g/mol. The van der Waals surface area contributed by atoms with Gasteiger partial charge in [-0.3, -0.25) is 10.2 Å². The molecule has 4 aromatic rings. The van der Waals surface area contributed by atoms with Crippen molar-refractivity contribution in [2.45, 2.75) is 25.7 Å². The molecule has 0 radical (unpaired) electrons.